The third-order valence-corrected chi connectivity index (χ3v) is 7.79. The van der Waals surface area contributed by atoms with E-state index in [1.807, 2.05) is 18.7 Å². The number of benzene rings is 1. The van der Waals surface area contributed by atoms with Crippen LogP contribution in [0.1, 0.15) is 57.9 Å². The van der Waals surface area contributed by atoms with Gasteiger partial charge in [-0.05, 0) is 70.9 Å². The molecule has 3 amide bonds. The Morgan fingerprint density at radius 2 is 1.80 bits per heavy atom. The average molecular weight is 413 g/mol. The van der Waals surface area contributed by atoms with Crippen LogP contribution in [0.5, 0.6) is 0 Å². The topological polar surface area (TPSA) is 78.7 Å². The number of amides is 3. The van der Waals surface area contributed by atoms with E-state index in [2.05, 4.69) is 47.6 Å². The molecule has 1 aromatic carbocycles. The lowest BCUT2D eigenvalue weighted by molar-refractivity contribution is -0.126. The Morgan fingerprint density at radius 3 is 2.33 bits per heavy atom. The summed E-state index contributed by atoms with van der Waals surface area (Å²) in [5.41, 5.74) is 6.03. The van der Waals surface area contributed by atoms with Gasteiger partial charge >= 0.3 is 6.03 Å². The first-order valence-corrected chi connectivity index (χ1v) is 11.3. The molecule has 1 spiro atoms. The third-order valence-electron chi connectivity index (χ3n) is 7.79. The highest BCUT2D eigenvalue weighted by Gasteiger charge is 2.55. The second-order valence-corrected chi connectivity index (χ2v) is 10.4. The number of rotatable bonds is 7. The first kappa shape index (κ1) is 21.2. The van der Waals surface area contributed by atoms with E-state index in [9.17, 15) is 9.59 Å². The number of nitrogens with zero attached hydrogens (tertiary/aromatic N) is 2. The van der Waals surface area contributed by atoms with Crippen molar-refractivity contribution in [3.8, 4) is 0 Å². The number of carbonyl (C=O) groups is 2. The molecule has 6 heteroatoms. The maximum atomic E-state index is 13.4. The Hall–Kier alpha value is -2.08. The van der Waals surface area contributed by atoms with E-state index in [0.29, 0.717) is 19.0 Å². The summed E-state index contributed by atoms with van der Waals surface area (Å²) in [6.45, 7) is 5.61. The Labute approximate surface area is 180 Å². The molecule has 0 unspecified atom stereocenters. The maximum Gasteiger partial charge on any atom is 0.320 e. The van der Waals surface area contributed by atoms with Gasteiger partial charge < -0.3 is 20.9 Å². The minimum Gasteiger partial charge on any atom is -0.369 e. The van der Waals surface area contributed by atoms with Gasteiger partial charge in [0.1, 0.15) is 0 Å². The fourth-order valence-corrected chi connectivity index (χ4v) is 5.40. The second-order valence-electron chi connectivity index (χ2n) is 10.4. The van der Waals surface area contributed by atoms with E-state index in [-0.39, 0.29) is 23.0 Å². The van der Waals surface area contributed by atoms with E-state index >= 15 is 0 Å². The van der Waals surface area contributed by atoms with Gasteiger partial charge in [0.2, 0.25) is 5.91 Å². The molecule has 0 bridgehead atoms. The highest BCUT2D eigenvalue weighted by atomic mass is 16.2. The molecule has 6 nitrogen and oxygen atoms in total. The molecule has 0 atom stereocenters. The van der Waals surface area contributed by atoms with E-state index in [4.69, 9.17) is 5.73 Å². The molecule has 4 rings (SSSR count). The van der Waals surface area contributed by atoms with Crippen molar-refractivity contribution in [3.05, 3.63) is 35.9 Å². The number of hydrogen-bond acceptors (Lipinski definition) is 3. The summed E-state index contributed by atoms with van der Waals surface area (Å²) >= 11 is 0. The van der Waals surface area contributed by atoms with Gasteiger partial charge in [0, 0.05) is 25.2 Å². The summed E-state index contributed by atoms with van der Waals surface area (Å²) < 4.78 is 0. The van der Waals surface area contributed by atoms with Crippen molar-refractivity contribution in [1.29, 1.82) is 0 Å². The first-order chi connectivity index (χ1) is 14.2. The fourth-order valence-electron chi connectivity index (χ4n) is 5.40. The lowest BCUT2D eigenvalue weighted by Gasteiger charge is -2.48. The molecule has 3 aliphatic rings. The van der Waals surface area contributed by atoms with Gasteiger partial charge in [0.25, 0.3) is 0 Å². The minimum absolute atomic E-state index is 0.0409. The average Bonchev–Trinajstić information content (AvgIpc) is 3.52. The van der Waals surface area contributed by atoms with Crippen molar-refractivity contribution in [2.75, 3.05) is 26.7 Å². The number of urea groups is 1. The van der Waals surface area contributed by atoms with E-state index in [0.717, 1.165) is 32.2 Å². The van der Waals surface area contributed by atoms with Crippen LogP contribution in [0.25, 0.3) is 0 Å². The standard InChI is InChI=1S/C24H36N4O2/c1-22(2,20(25)29)16-27-17-23(28(21(27)30)15-18-9-10-18)11-13-24(26-3,14-12-23)19-7-5-4-6-8-19/h4-8,18,26H,9-17H2,1-3H3,(H2,25,29). The number of primary amides is 1. The van der Waals surface area contributed by atoms with E-state index in [1.54, 1.807) is 0 Å². The maximum absolute atomic E-state index is 13.4. The molecule has 3 N–H and O–H groups in total. The molecule has 30 heavy (non-hydrogen) atoms. The van der Waals surface area contributed by atoms with Crippen LogP contribution in [-0.4, -0.2) is 54.0 Å². The van der Waals surface area contributed by atoms with Crippen molar-refractivity contribution in [2.45, 2.75) is 63.5 Å². The third kappa shape index (κ3) is 3.70. The van der Waals surface area contributed by atoms with Gasteiger partial charge in [-0.25, -0.2) is 4.79 Å². The van der Waals surface area contributed by atoms with Crippen LogP contribution in [-0.2, 0) is 10.3 Å². The van der Waals surface area contributed by atoms with Crippen LogP contribution in [0.4, 0.5) is 4.79 Å². The molecular weight excluding hydrogens is 376 g/mol. The number of nitrogens with two attached hydrogens (primary N) is 1. The zero-order valence-electron chi connectivity index (χ0n) is 18.6. The molecule has 0 radical (unpaired) electrons. The molecule has 0 aromatic heterocycles. The molecule has 1 aromatic rings. The number of carbonyl (C=O) groups excluding carboxylic acids is 2. The zero-order chi connectivity index (χ0) is 21.6. The molecule has 2 saturated carbocycles. The summed E-state index contributed by atoms with van der Waals surface area (Å²) in [7, 11) is 2.05. The number of nitrogens with one attached hydrogen (secondary N) is 1. The van der Waals surface area contributed by atoms with Crippen LogP contribution in [0.15, 0.2) is 30.3 Å². The SMILES string of the molecule is CNC1(c2ccccc2)CCC2(CC1)CN(CC(C)(C)C(N)=O)C(=O)N2CC1CC1. The number of hydrogen-bond donors (Lipinski definition) is 2. The van der Waals surface area contributed by atoms with Crippen LogP contribution in [0.2, 0.25) is 0 Å². The van der Waals surface area contributed by atoms with Gasteiger partial charge in [0.05, 0.1) is 11.0 Å². The Balaban J connectivity index is 1.57. The largest absolute Gasteiger partial charge is 0.369 e. The zero-order valence-corrected chi connectivity index (χ0v) is 18.6. The quantitative estimate of drug-likeness (QED) is 0.722. The van der Waals surface area contributed by atoms with Gasteiger partial charge in [0.15, 0.2) is 0 Å². The second kappa shape index (κ2) is 7.56. The van der Waals surface area contributed by atoms with Crippen LogP contribution in [0, 0.1) is 11.3 Å². The van der Waals surface area contributed by atoms with E-state index < -0.39 is 5.41 Å². The minimum atomic E-state index is -0.722. The van der Waals surface area contributed by atoms with E-state index in [1.165, 1.54) is 18.4 Å². The Kier molecular flexibility index (Phi) is 5.33. The summed E-state index contributed by atoms with van der Waals surface area (Å²) in [6.07, 6.45) is 6.36. The summed E-state index contributed by atoms with van der Waals surface area (Å²) in [5.74, 6) is 0.284. The molecule has 2 aliphatic carbocycles. The summed E-state index contributed by atoms with van der Waals surface area (Å²) in [6, 6.07) is 10.8. The molecule has 164 valence electrons. The Bertz CT molecular complexity index is 795. The highest BCUT2D eigenvalue weighted by Crippen LogP contribution is 2.48. The van der Waals surface area contributed by atoms with Gasteiger partial charge in [-0.1, -0.05) is 30.3 Å². The van der Waals surface area contributed by atoms with Crippen molar-refractivity contribution in [1.82, 2.24) is 15.1 Å². The lowest BCUT2D eigenvalue weighted by Crippen LogP contribution is -2.55. The predicted molar refractivity (Wildman–Crippen MR) is 118 cm³/mol. The van der Waals surface area contributed by atoms with Crippen LogP contribution >= 0.6 is 0 Å². The summed E-state index contributed by atoms with van der Waals surface area (Å²) in [5, 5.41) is 3.61. The van der Waals surface area contributed by atoms with Crippen molar-refractivity contribution >= 4 is 11.9 Å². The molecule has 3 fully saturated rings. The Morgan fingerprint density at radius 1 is 1.17 bits per heavy atom. The predicted octanol–water partition coefficient (Wildman–Crippen LogP) is 3.07. The molecule has 1 heterocycles. The lowest BCUT2D eigenvalue weighted by atomic mass is 9.69. The van der Waals surface area contributed by atoms with Crippen molar-refractivity contribution in [3.63, 3.8) is 0 Å². The molecular formula is C24H36N4O2. The smallest absolute Gasteiger partial charge is 0.320 e. The summed E-state index contributed by atoms with van der Waals surface area (Å²) in [4.78, 5) is 29.4. The fraction of sp³-hybridized carbons (Fsp3) is 0.667. The van der Waals surface area contributed by atoms with Crippen molar-refractivity contribution in [2.24, 2.45) is 17.1 Å². The molecule has 1 saturated heterocycles. The normalized spacial score (nSPS) is 29.6. The first-order valence-electron chi connectivity index (χ1n) is 11.3. The van der Waals surface area contributed by atoms with Gasteiger partial charge in [-0.3, -0.25) is 4.79 Å². The monoisotopic (exact) mass is 412 g/mol. The highest BCUT2D eigenvalue weighted by molar-refractivity contribution is 5.83. The van der Waals surface area contributed by atoms with Crippen LogP contribution < -0.4 is 11.1 Å². The van der Waals surface area contributed by atoms with Crippen molar-refractivity contribution < 1.29 is 9.59 Å². The van der Waals surface area contributed by atoms with Gasteiger partial charge in [-0.2, -0.15) is 0 Å². The van der Waals surface area contributed by atoms with Crippen LogP contribution in [0.3, 0.4) is 0 Å². The molecule has 1 aliphatic heterocycles. The van der Waals surface area contributed by atoms with Gasteiger partial charge in [-0.15, -0.1) is 0 Å².